The first-order valence-corrected chi connectivity index (χ1v) is 13.8. The van der Waals surface area contributed by atoms with Gasteiger partial charge < -0.3 is 9.47 Å². The number of nitro benzene ring substituents is 1. The SMILES string of the molecule is COc1cc(/C=c2\sc3n(c2=O)[C@@H](c2ccc(Br)cc2)C2=C(N=3)c3ccccc3CC2)c([N+](=O)[O-])cc1OC. The second kappa shape index (κ2) is 9.94. The van der Waals surface area contributed by atoms with Gasteiger partial charge in [0.15, 0.2) is 16.3 Å². The van der Waals surface area contributed by atoms with Gasteiger partial charge in [-0.15, -0.1) is 0 Å². The number of nitrogens with zero attached hydrogens (tertiary/aromatic N) is 3. The molecule has 4 aromatic rings. The molecule has 10 heteroatoms. The van der Waals surface area contributed by atoms with Gasteiger partial charge >= 0.3 is 0 Å². The van der Waals surface area contributed by atoms with Crippen LogP contribution >= 0.6 is 27.3 Å². The Balaban J connectivity index is 1.62. The molecule has 0 N–H and O–H groups in total. The fourth-order valence-corrected chi connectivity index (χ4v) is 6.52. The van der Waals surface area contributed by atoms with E-state index in [1.807, 2.05) is 36.4 Å². The van der Waals surface area contributed by atoms with Gasteiger partial charge in [0, 0.05) is 10.0 Å². The first-order valence-electron chi connectivity index (χ1n) is 12.2. The Hall–Kier alpha value is -4.02. The summed E-state index contributed by atoms with van der Waals surface area (Å²) in [6.45, 7) is 0. The van der Waals surface area contributed by atoms with Gasteiger partial charge in [0.2, 0.25) is 0 Å². The van der Waals surface area contributed by atoms with Gasteiger partial charge in [0.1, 0.15) is 0 Å². The third-order valence-corrected chi connectivity index (χ3v) is 8.59. The number of rotatable bonds is 5. The molecule has 1 atom stereocenters. The summed E-state index contributed by atoms with van der Waals surface area (Å²) in [6.07, 6.45) is 3.18. The summed E-state index contributed by atoms with van der Waals surface area (Å²) in [7, 11) is 2.88. The van der Waals surface area contributed by atoms with Gasteiger partial charge in [-0.3, -0.25) is 19.5 Å². The predicted octanol–water partition coefficient (Wildman–Crippen LogP) is 5.01. The number of aryl methyl sites for hydroxylation is 1. The van der Waals surface area contributed by atoms with Crippen LogP contribution in [-0.4, -0.2) is 23.7 Å². The number of methoxy groups -OCH3 is 2. The maximum absolute atomic E-state index is 14.0. The van der Waals surface area contributed by atoms with Crippen molar-refractivity contribution in [2.45, 2.75) is 18.9 Å². The zero-order valence-corrected chi connectivity index (χ0v) is 23.4. The van der Waals surface area contributed by atoms with Crippen molar-refractivity contribution in [2.75, 3.05) is 14.2 Å². The highest BCUT2D eigenvalue weighted by atomic mass is 79.9. The molecule has 3 aromatic carbocycles. The summed E-state index contributed by atoms with van der Waals surface area (Å²) in [6, 6.07) is 18.7. The van der Waals surface area contributed by atoms with E-state index in [0.29, 0.717) is 15.1 Å². The molecule has 2 aliphatic rings. The van der Waals surface area contributed by atoms with Gasteiger partial charge in [0.25, 0.3) is 11.2 Å². The molecule has 0 radical (unpaired) electrons. The average Bonchev–Trinajstić information content (AvgIpc) is 3.26. The first-order chi connectivity index (χ1) is 18.9. The quantitative estimate of drug-likeness (QED) is 0.236. The highest BCUT2D eigenvalue weighted by molar-refractivity contribution is 9.10. The average molecular weight is 604 g/mol. The lowest BCUT2D eigenvalue weighted by molar-refractivity contribution is -0.385. The van der Waals surface area contributed by atoms with Crippen molar-refractivity contribution in [1.29, 1.82) is 0 Å². The highest BCUT2D eigenvalue weighted by Crippen LogP contribution is 2.41. The summed E-state index contributed by atoms with van der Waals surface area (Å²) >= 11 is 4.73. The van der Waals surface area contributed by atoms with Crippen molar-refractivity contribution >= 4 is 44.7 Å². The van der Waals surface area contributed by atoms with Gasteiger partial charge in [0.05, 0.1) is 47.0 Å². The summed E-state index contributed by atoms with van der Waals surface area (Å²) in [5, 5.41) is 11.9. The molecule has 0 fully saturated rings. The molecule has 0 spiro atoms. The molecule has 39 heavy (non-hydrogen) atoms. The van der Waals surface area contributed by atoms with E-state index < -0.39 is 4.92 Å². The molecule has 196 valence electrons. The minimum absolute atomic E-state index is 0.184. The van der Waals surface area contributed by atoms with Crippen molar-refractivity contribution in [3.63, 3.8) is 0 Å². The van der Waals surface area contributed by atoms with Gasteiger partial charge in [-0.2, -0.15) is 0 Å². The largest absolute Gasteiger partial charge is 0.493 e. The summed E-state index contributed by atoms with van der Waals surface area (Å²) in [5.74, 6) is 0.575. The zero-order valence-electron chi connectivity index (χ0n) is 21.0. The zero-order chi connectivity index (χ0) is 27.3. The smallest absolute Gasteiger partial charge is 0.280 e. The van der Waals surface area contributed by atoms with Crippen LogP contribution in [0.5, 0.6) is 11.5 Å². The minimum Gasteiger partial charge on any atom is -0.493 e. The highest BCUT2D eigenvalue weighted by Gasteiger charge is 2.32. The first kappa shape index (κ1) is 25.3. The van der Waals surface area contributed by atoms with Crippen molar-refractivity contribution in [2.24, 2.45) is 4.99 Å². The van der Waals surface area contributed by atoms with E-state index in [1.165, 1.54) is 43.3 Å². The summed E-state index contributed by atoms with van der Waals surface area (Å²) in [5.41, 5.74) is 5.09. The van der Waals surface area contributed by atoms with Crippen LogP contribution < -0.4 is 24.4 Å². The molecule has 2 heterocycles. The van der Waals surface area contributed by atoms with E-state index in [9.17, 15) is 14.9 Å². The van der Waals surface area contributed by atoms with E-state index in [1.54, 1.807) is 10.6 Å². The second-order valence-corrected chi connectivity index (χ2v) is 11.1. The van der Waals surface area contributed by atoms with Crippen LogP contribution in [0.25, 0.3) is 11.8 Å². The fourth-order valence-electron chi connectivity index (χ4n) is 5.27. The van der Waals surface area contributed by atoms with Crippen LogP contribution in [-0.2, 0) is 6.42 Å². The molecule has 1 aliphatic heterocycles. The number of aromatic nitrogens is 1. The molecular formula is C29H22BrN3O5S. The summed E-state index contributed by atoms with van der Waals surface area (Å²) < 4.78 is 13.6. The molecule has 8 nitrogen and oxygen atoms in total. The third kappa shape index (κ3) is 4.29. The Morgan fingerprint density at radius 3 is 2.51 bits per heavy atom. The van der Waals surface area contributed by atoms with Crippen molar-refractivity contribution in [1.82, 2.24) is 4.57 Å². The van der Waals surface area contributed by atoms with E-state index in [-0.39, 0.29) is 28.6 Å². The van der Waals surface area contributed by atoms with Crippen LogP contribution in [0.3, 0.4) is 0 Å². The standard InChI is InChI=1S/C29H22BrN3O5S/c1-37-23-13-18(22(33(35)36)15-24(23)38-2)14-25-28(34)32-27(17-7-10-19(30)11-8-17)21-12-9-16-5-3-4-6-20(16)26(21)31-29(32)39-25/h3-8,10-11,13-15,27H,9,12H2,1-2H3/b25-14-/t27-/m0/s1. The lowest BCUT2D eigenvalue weighted by atomic mass is 9.83. The number of allylic oxidation sites excluding steroid dienone is 1. The lowest BCUT2D eigenvalue weighted by Crippen LogP contribution is -2.38. The Bertz CT molecular complexity index is 1860. The van der Waals surface area contributed by atoms with Gasteiger partial charge in [-0.05, 0) is 53.8 Å². The Morgan fingerprint density at radius 2 is 1.79 bits per heavy atom. The maximum Gasteiger partial charge on any atom is 0.280 e. The maximum atomic E-state index is 14.0. The second-order valence-electron chi connectivity index (χ2n) is 9.19. The molecule has 0 amide bonds. The van der Waals surface area contributed by atoms with Crippen LogP contribution in [0.4, 0.5) is 5.69 Å². The Morgan fingerprint density at radius 1 is 1.08 bits per heavy atom. The van der Waals surface area contributed by atoms with E-state index >= 15 is 0 Å². The van der Waals surface area contributed by atoms with Crippen LogP contribution in [0.15, 0.2) is 80.5 Å². The number of ether oxygens (including phenoxy) is 2. The molecule has 6 rings (SSSR count). The normalized spacial score (nSPS) is 16.2. The van der Waals surface area contributed by atoms with Crippen LogP contribution in [0.1, 0.15) is 34.7 Å². The van der Waals surface area contributed by atoms with E-state index in [2.05, 4.69) is 28.1 Å². The Kier molecular flexibility index (Phi) is 6.44. The van der Waals surface area contributed by atoms with Crippen molar-refractivity contribution in [3.05, 3.63) is 123 Å². The van der Waals surface area contributed by atoms with E-state index in [0.717, 1.165) is 39.7 Å². The Labute approximate surface area is 235 Å². The molecule has 1 aromatic heterocycles. The number of benzene rings is 3. The number of halogens is 1. The number of hydrogen-bond acceptors (Lipinski definition) is 7. The number of fused-ring (bicyclic) bond motifs is 3. The predicted molar refractivity (Wildman–Crippen MR) is 153 cm³/mol. The van der Waals surface area contributed by atoms with Crippen molar-refractivity contribution < 1.29 is 14.4 Å². The van der Waals surface area contributed by atoms with E-state index in [4.69, 9.17) is 14.5 Å². The molecule has 0 bridgehead atoms. The van der Waals surface area contributed by atoms with Gasteiger partial charge in [-0.1, -0.05) is 63.7 Å². The van der Waals surface area contributed by atoms with Crippen molar-refractivity contribution in [3.8, 4) is 11.5 Å². The summed E-state index contributed by atoms with van der Waals surface area (Å²) in [4.78, 5) is 30.9. The molecule has 0 saturated carbocycles. The number of hydrogen-bond donors (Lipinski definition) is 0. The van der Waals surface area contributed by atoms with Crippen LogP contribution in [0, 0.1) is 10.1 Å². The number of nitro groups is 1. The van der Waals surface area contributed by atoms with Gasteiger partial charge in [-0.25, -0.2) is 4.99 Å². The number of thiazole rings is 1. The van der Waals surface area contributed by atoms with Crippen LogP contribution in [0.2, 0.25) is 0 Å². The molecule has 1 aliphatic carbocycles. The topological polar surface area (TPSA) is 96.0 Å². The molecule has 0 unspecified atom stereocenters. The molecular weight excluding hydrogens is 582 g/mol. The lowest BCUT2D eigenvalue weighted by Gasteiger charge is -2.30. The monoisotopic (exact) mass is 603 g/mol. The fraction of sp³-hybridized carbons (Fsp3) is 0.172. The molecule has 0 saturated heterocycles. The third-order valence-electron chi connectivity index (χ3n) is 7.07. The minimum atomic E-state index is -0.495.